The second kappa shape index (κ2) is 9.70. The molecular formula is C30H23Cl2F3N4O3. The molecule has 7 rings (SSSR count). The summed E-state index contributed by atoms with van der Waals surface area (Å²) in [6.07, 6.45) is 5.21. The lowest BCUT2D eigenvalue weighted by molar-refractivity contribution is -0.136. The Balaban J connectivity index is 1.15. The van der Waals surface area contributed by atoms with E-state index < -0.39 is 23.4 Å². The van der Waals surface area contributed by atoms with Crippen LogP contribution in [0.5, 0.6) is 0 Å². The molecule has 4 heterocycles. The highest BCUT2D eigenvalue weighted by atomic mass is 35.5. The lowest BCUT2D eigenvalue weighted by Gasteiger charge is -2.47. The van der Waals surface area contributed by atoms with Gasteiger partial charge in [0.15, 0.2) is 0 Å². The molecule has 3 aliphatic rings. The molecule has 0 atom stereocenters. The number of anilines is 1. The quantitative estimate of drug-likeness (QED) is 0.242. The summed E-state index contributed by atoms with van der Waals surface area (Å²) in [5, 5.41) is 14.3. The number of hydrogen-bond donors (Lipinski definition) is 1. The van der Waals surface area contributed by atoms with Gasteiger partial charge in [-0.1, -0.05) is 34.4 Å². The summed E-state index contributed by atoms with van der Waals surface area (Å²) in [6, 6.07) is 5.22. The number of rotatable bonds is 5. The minimum absolute atomic E-state index is 0.00332. The van der Waals surface area contributed by atoms with E-state index in [4.69, 9.17) is 27.7 Å². The minimum atomic E-state index is -4.71. The summed E-state index contributed by atoms with van der Waals surface area (Å²) in [7, 11) is 0. The molecule has 216 valence electrons. The van der Waals surface area contributed by atoms with Crippen molar-refractivity contribution in [3.63, 3.8) is 0 Å². The van der Waals surface area contributed by atoms with Gasteiger partial charge >= 0.3 is 12.1 Å². The molecule has 1 N–H and O–H groups in total. The number of alkyl halides is 3. The van der Waals surface area contributed by atoms with E-state index in [9.17, 15) is 23.1 Å². The van der Waals surface area contributed by atoms with Gasteiger partial charge in [-0.05, 0) is 67.4 Å². The Kier molecular flexibility index (Phi) is 6.29. The molecule has 0 amide bonds. The van der Waals surface area contributed by atoms with Crippen molar-refractivity contribution in [1.82, 2.24) is 15.1 Å². The number of allylic oxidation sites excluding steroid dienone is 2. The van der Waals surface area contributed by atoms with E-state index in [1.807, 2.05) is 0 Å². The van der Waals surface area contributed by atoms with Crippen molar-refractivity contribution < 1.29 is 27.6 Å². The fraction of sp³-hybridized carbons (Fsp3) is 0.333. The third-order valence-corrected chi connectivity index (χ3v) is 9.12. The largest absolute Gasteiger partial charge is 0.477 e. The summed E-state index contributed by atoms with van der Waals surface area (Å²) in [4.78, 5) is 21.4. The number of carboxylic acids is 1. The first kappa shape index (κ1) is 27.2. The molecule has 7 nitrogen and oxygen atoms in total. The van der Waals surface area contributed by atoms with E-state index in [-0.39, 0.29) is 16.3 Å². The van der Waals surface area contributed by atoms with Crippen LogP contribution in [0.3, 0.4) is 0 Å². The summed E-state index contributed by atoms with van der Waals surface area (Å²) in [5.74, 6) is -0.311. The van der Waals surface area contributed by atoms with E-state index in [0.29, 0.717) is 52.1 Å². The van der Waals surface area contributed by atoms with Crippen molar-refractivity contribution in [3.05, 3.63) is 75.4 Å². The van der Waals surface area contributed by atoms with Crippen LogP contribution in [0.15, 0.2) is 47.3 Å². The molecule has 1 aromatic carbocycles. The molecule has 1 spiro atoms. The standard InChI is InChI=1S/C30H23Cl2F3N4O3/c31-20-13-36-14-21(32)25(20)26-24(27(42-38-26)15-1-2-15)16-11-29(12-16)5-7-39(8-6-29)17-3-4-22-18(9-17)19(30(33,34)35)10-23(37-22)28(40)41/h3-4,9-11,13-15H,1-2,5-8,12H2,(H,40,41). The van der Waals surface area contributed by atoms with Crippen molar-refractivity contribution >= 4 is 51.3 Å². The van der Waals surface area contributed by atoms with Gasteiger partial charge in [-0.15, -0.1) is 0 Å². The number of halogens is 5. The molecule has 12 heteroatoms. The lowest BCUT2D eigenvalue weighted by Crippen LogP contribution is -2.42. The van der Waals surface area contributed by atoms with Crippen LogP contribution in [0, 0.1) is 5.41 Å². The molecule has 2 aliphatic carbocycles. The number of piperidine rings is 1. The zero-order valence-electron chi connectivity index (χ0n) is 22.0. The SMILES string of the molecule is O=C(O)c1cc(C(F)(F)F)c2cc(N3CCC4(C=C(c5c(-c6c(Cl)cncc6Cl)noc5C5CC5)C4)CC3)ccc2n1. The van der Waals surface area contributed by atoms with Gasteiger partial charge in [0.2, 0.25) is 0 Å². The zero-order valence-corrected chi connectivity index (χ0v) is 23.5. The van der Waals surface area contributed by atoms with Crippen LogP contribution in [0.25, 0.3) is 27.7 Å². The van der Waals surface area contributed by atoms with Crippen LogP contribution in [-0.2, 0) is 6.18 Å². The van der Waals surface area contributed by atoms with Crippen LogP contribution in [-0.4, -0.2) is 39.3 Å². The molecule has 0 unspecified atom stereocenters. The lowest BCUT2D eigenvalue weighted by atomic mass is 9.63. The number of carbonyl (C=O) groups is 1. The van der Waals surface area contributed by atoms with Crippen molar-refractivity contribution in [3.8, 4) is 11.3 Å². The Bertz CT molecular complexity index is 1770. The van der Waals surface area contributed by atoms with Crippen LogP contribution in [0.1, 0.15) is 65.4 Å². The first-order valence-electron chi connectivity index (χ1n) is 13.5. The van der Waals surface area contributed by atoms with Gasteiger partial charge in [-0.2, -0.15) is 13.2 Å². The fourth-order valence-corrected chi connectivity index (χ4v) is 6.76. The Hall–Kier alpha value is -3.63. The number of aromatic nitrogens is 3. The fourth-order valence-electron chi connectivity index (χ4n) is 6.21. The molecule has 0 bridgehead atoms. The first-order valence-corrected chi connectivity index (χ1v) is 14.3. The van der Waals surface area contributed by atoms with E-state index in [0.717, 1.165) is 49.0 Å². The molecule has 4 aromatic rings. The van der Waals surface area contributed by atoms with Gasteiger partial charge in [0, 0.05) is 53.6 Å². The van der Waals surface area contributed by atoms with Crippen molar-refractivity contribution in [1.29, 1.82) is 0 Å². The normalized spacial score (nSPS) is 18.3. The van der Waals surface area contributed by atoms with Gasteiger partial charge in [-0.25, -0.2) is 9.78 Å². The van der Waals surface area contributed by atoms with Gasteiger partial charge in [0.25, 0.3) is 0 Å². The third-order valence-electron chi connectivity index (χ3n) is 8.54. The van der Waals surface area contributed by atoms with E-state index in [1.165, 1.54) is 24.5 Å². The molecule has 2 fully saturated rings. The Morgan fingerprint density at radius 1 is 1.07 bits per heavy atom. The second-order valence-electron chi connectivity index (χ2n) is 11.3. The number of benzene rings is 1. The molecule has 1 saturated heterocycles. The molecule has 0 radical (unpaired) electrons. The van der Waals surface area contributed by atoms with E-state index in [2.05, 4.69) is 26.1 Å². The topological polar surface area (TPSA) is 92.3 Å². The number of pyridine rings is 2. The van der Waals surface area contributed by atoms with Gasteiger partial charge in [-0.3, -0.25) is 4.98 Å². The smallest absolute Gasteiger partial charge is 0.417 e. The predicted molar refractivity (Wildman–Crippen MR) is 152 cm³/mol. The zero-order chi connectivity index (χ0) is 29.4. The average Bonchev–Trinajstić information content (AvgIpc) is 3.69. The Morgan fingerprint density at radius 3 is 2.38 bits per heavy atom. The maximum absolute atomic E-state index is 13.8. The third kappa shape index (κ3) is 4.61. The Morgan fingerprint density at radius 2 is 1.76 bits per heavy atom. The highest BCUT2D eigenvalue weighted by Crippen LogP contribution is 2.56. The van der Waals surface area contributed by atoms with Crippen LogP contribution in [0.4, 0.5) is 18.9 Å². The maximum Gasteiger partial charge on any atom is 0.417 e. The monoisotopic (exact) mass is 614 g/mol. The summed E-state index contributed by atoms with van der Waals surface area (Å²) in [5.41, 5.74) is 2.32. The first-order chi connectivity index (χ1) is 20.0. The average molecular weight is 615 g/mol. The Labute approximate surface area is 247 Å². The van der Waals surface area contributed by atoms with Crippen molar-refractivity contribution in [2.75, 3.05) is 18.0 Å². The number of fused-ring (bicyclic) bond motifs is 1. The van der Waals surface area contributed by atoms with Gasteiger partial charge in [0.05, 0.1) is 21.1 Å². The molecule has 1 saturated carbocycles. The second-order valence-corrected chi connectivity index (χ2v) is 12.1. The maximum atomic E-state index is 13.8. The molecule has 42 heavy (non-hydrogen) atoms. The summed E-state index contributed by atoms with van der Waals surface area (Å²) >= 11 is 12.9. The number of carboxylic acid groups (broad SMARTS) is 1. The number of aromatic carboxylic acids is 1. The molecule has 3 aromatic heterocycles. The van der Waals surface area contributed by atoms with E-state index >= 15 is 0 Å². The van der Waals surface area contributed by atoms with Crippen LogP contribution in [0.2, 0.25) is 10.0 Å². The van der Waals surface area contributed by atoms with Gasteiger partial charge in [0.1, 0.15) is 17.1 Å². The van der Waals surface area contributed by atoms with Crippen molar-refractivity contribution in [2.45, 2.75) is 44.2 Å². The molecule has 1 aliphatic heterocycles. The predicted octanol–water partition coefficient (Wildman–Crippen LogP) is 8.26. The number of nitrogens with zero attached hydrogens (tertiary/aromatic N) is 4. The minimum Gasteiger partial charge on any atom is -0.477 e. The van der Waals surface area contributed by atoms with Crippen LogP contribution >= 0.6 is 23.2 Å². The number of hydrogen-bond acceptors (Lipinski definition) is 6. The van der Waals surface area contributed by atoms with E-state index in [1.54, 1.807) is 6.07 Å². The highest BCUT2D eigenvalue weighted by molar-refractivity contribution is 6.39. The van der Waals surface area contributed by atoms with Gasteiger partial charge < -0.3 is 14.5 Å². The molecular weight excluding hydrogens is 592 g/mol. The summed E-state index contributed by atoms with van der Waals surface area (Å²) in [6.45, 7) is 1.32. The summed E-state index contributed by atoms with van der Waals surface area (Å²) < 4.78 is 47.3. The van der Waals surface area contributed by atoms with Crippen LogP contribution < -0.4 is 4.90 Å². The highest BCUT2D eigenvalue weighted by Gasteiger charge is 2.44. The van der Waals surface area contributed by atoms with Crippen molar-refractivity contribution in [2.24, 2.45) is 5.41 Å².